The molecule has 1 aromatic heterocycles. The van der Waals surface area contributed by atoms with Crippen molar-refractivity contribution in [3.05, 3.63) is 145 Å². The second-order valence-electron chi connectivity index (χ2n) is 11.1. The molecule has 4 heteroatoms. The summed E-state index contributed by atoms with van der Waals surface area (Å²) in [7, 11) is 0. The van der Waals surface area contributed by atoms with E-state index in [0.29, 0.717) is 5.56 Å². The zero-order valence-corrected chi connectivity index (χ0v) is 23.5. The Kier molecular flexibility index (Phi) is 5.23. The van der Waals surface area contributed by atoms with Gasteiger partial charge in [-0.25, -0.2) is 4.98 Å². The summed E-state index contributed by atoms with van der Waals surface area (Å²) in [6.07, 6.45) is 0. The molecule has 2 aliphatic heterocycles. The van der Waals surface area contributed by atoms with Gasteiger partial charge in [0.15, 0.2) is 0 Å². The van der Waals surface area contributed by atoms with Crippen LogP contribution in [0.15, 0.2) is 144 Å². The highest BCUT2D eigenvalue weighted by Gasteiger charge is 2.23. The van der Waals surface area contributed by atoms with Gasteiger partial charge in [-0.1, -0.05) is 78.9 Å². The average molecular weight is 562 g/mol. The van der Waals surface area contributed by atoms with Crippen LogP contribution >= 0.6 is 0 Å². The molecule has 44 heavy (non-hydrogen) atoms. The van der Waals surface area contributed by atoms with Crippen molar-refractivity contribution in [3.8, 4) is 45.5 Å². The summed E-state index contributed by atoms with van der Waals surface area (Å²) < 4.78 is 8.84. The van der Waals surface area contributed by atoms with Crippen LogP contribution in [0.1, 0.15) is 5.56 Å². The van der Waals surface area contributed by atoms with Crippen LogP contribution in [0.2, 0.25) is 0 Å². The summed E-state index contributed by atoms with van der Waals surface area (Å²) in [5, 5.41) is 13.9. The van der Waals surface area contributed by atoms with E-state index < -0.39 is 0 Å². The molecule has 0 spiro atoms. The Bertz CT molecular complexity index is 2550. The number of nitrogens with zero attached hydrogens (tertiary/aromatic N) is 3. The van der Waals surface area contributed by atoms with E-state index in [9.17, 15) is 5.26 Å². The van der Waals surface area contributed by atoms with Gasteiger partial charge in [0.1, 0.15) is 11.3 Å². The van der Waals surface area contributed by atoms with Gasteiger partial charge in [-0.3, -0.25) is 0 Å². The number of para-hydroxylation sites is 3. The van der Waals surface area contributed by atoms with Gasteiger partial charge in [0.2, 0.25) is 0 Å². The maximum atomic E-state index is 9.65. The minimum atomic E-state index is 0.652. The largest absolute Gasteiger partial charge is 0.455 e. The molecule has 6 aromatic carbocycles. The number of benzene rings is 6. The van der Waals surface area contributed by atoms with Gasteiger partial charge >= 0.3 is 0 Å². The number of aromatic nitrogens is 2. The van der Waals surface area contributed by atoms with Gasteiger partial charge in [0.05, 0.1) is 39.4 Å². The van der Waals surface area contributed by atoms with E-state index in [4.69, 9.17) is 9.40 Å². The van der Waals surface area contributed by atoms with Crippen molar-refractivity contribution in [2.45, 2.75) is 0 Å². The molecule has 2 aliphatic rings. The lowest BCUT2D eigenvalue weighted by Crippen LogP contribution is -1.93. The number of rotatable bonds is 3. The van der Waals surface area contributed by atoms with E-state index in [1.165, 1.54) is 0 Å². The van der Waals surface area contributed by atoms with Crippen molar-refractivity contribution in [1.82, 2.24) is 9.55 Å². The van der Waals surface area contributed by atoms with Crippen molar-refractivity contribution >= 4 is 43.7 Å². The molecule has 0 atom stereocenters. The highest BCUT2D eigenvalue weighted by atomic mass is 16.3. The molecule has 4 nitrogen and oxygen atoms in total. The fraction of sp³-hybridized carbons (Fsp3) is 0. The topological polar surface area (TPSA) is 54.8 Å². The first kappa shape index (κ1) is 24.4. The second kappa shape index (κ2) is 9.42. The zero-order valence-electron chi connectivity index (χ0n) is 23.5. The molecule has 7 aromatic rings. The fourth-order valence-corrected chi connectivity index (χ4v) is 6.57. The second-order valence-corrected chi connectivity index (χ2v) is 11.1. The minimum Gasteiger partial charge on any atom is -0.455 e. The Morgan fingerprint density at radius 1 is 0.568 bits per heavy atom. The monoisotopic (exact) mass is 561 g/mol. The minimum absolute atomic E-state index is 0.652. The molecular weight excluding hydrogens is 538 g/mol. The Hall–Kier alpha value is -6.18. The summed E-state index contributed by atoms with van der Waals surface area (Å²) in [4.78, 5) is 5.00. The van der Waals surface area contributed by atoms with Crippen molar-refractivity contribution in [2.75, 3.05) is 0 Å². The predicted molar refractivity (Wildman–Crippen MR) is 178 cm³/mol. The van der Waals surface area contributed by atoms with E-state index in [0.717, 1.165) is 83.1 Å². The molecule has 9 rings (SSSR count). The Labute approximate surface area is 253 Å². The highest BCUT2D eigenvalue weighted by molar-refractivity contribution is 6.12. The van der Waals surface area contributed by atoms with E-state index >= 15 is 0 Å². The summed E-state index contributed by atoms with van der Waals surface area (Å²) >= 11 is 0. The van der Waals surface area contributed by atoms with Crippen LogP contribution in [-0.4, -0.2) is 9.55 Å². The molecule has 0 N–H and O–H groups in total. The predicted octanol–water partition coefficient (Wildman–Crippen LogP) is 10.4. The van der Waals surface area contributed by atoms with Crippen molar-refractivity contribution in [1.29, 1.82) is 5.26 Å². The molecule has 0 saturated carbocycles. The van der Waals surface area contributed by atoms with Crippen LogP contribution in [0.5, 0.6) is 0 Å². The lowest BCUT2D eigenvalue weighted by molar-refractivity contribution is 0.622. The molecule has 204 valence electrons. The Morgan fingerprint density at radius 2 is 1.23 bits per heavy atom. The third-order valence-electron chi connectivity index (χ3n) is 8.61. The van der Waals surface area contributed by atoms with Crippen LogP contribution in [0.25, 0.3) is 83.1 Å². The van der Waals surface area contributed by atoms with Crippen LogP contribution in [0.4, 0.5) is 0 Å². The summed E-state index contributed by atoms with van der Waals surface area (Å²) in [6, 6.07) is 50.1. The van der Waals surface area contributed by atoms with Crippen molar-refractivity contribution < 1.29 is 4.42 Å². The van der Waals surface area contributed by atoms with E-state index in [2.05, 4.69) is 102 Å². The quantitative estimate of drug-likeness (QED) is 0.216. The van der Waals surface area contributed by atoms with Gasteiger partial charge in [-0.05, 0) is 71.8 Å². The smallest absolute Gasteiger partial charge is 0.144 e. The molecule has 0 amide bonds. The van der Waals surface area contributed by atoms with Gasteiger partial charge in [0, 0.05) is 32.8 Å². The summed E-state index contributed by atoms with van der Waals surface area (Å²) in [5.74, 6) is 0.823. The van der Waals surface area contributed by atoms with Gasteiger partial charge in [-0.15, -0.1) is 0 Å². The van der Waals surface area contributed by atoms with Crippen molar-refractivity contribution in [3.63, 3.8) is 0 Å². The third kappa shape index (κ3) is 3.60. The Morgan fingerprint density at radius 3 is 2.05 bits per heavy atom. The average Bonchev–Trinajstić information content (AvgIpc) is 3.64. The zero-order chi connectivity index (χ0) is 29.2. The molecule has 0 fully saturated rings. The first-order valence-corrected chi connectivity index (χ1v) is 14.6. The molecule has 0 saturated heterocycles. The van der Waals surface area contributed by atoms with E-state index in [1.54, 1.807) is 0 Å². The first-order chi connectivity index (χ1) is 21.8. The van der Waals surface area contributed by atoms with Crippen LogP contribution in [0.3, 0.4) is 0 Å². The van der Waals surface area contributed by atoms with Gasteiger partial charge in [0.25, 0.3) is 0 Å². The molecule has 0 unspecified atom stereocenters. The lowest BCUT2D eigenvalue weighted by atomic mass is 9.97. The van der Waals surface area contributed by atoms with Crippen LogP contribution < -0.4 is 0 Å². The number of hydrogen-bond donors (Lipinski definition) is 0. The summed E-state index contributed by atoms with van der Waals surface area (Å²) in [5.41, 5.74) is 10.9. The van der Waals surface area contributed by atoms with Gasteiger partial charge < -0.3 is 8.98 Å². The first-order valence-electron chi connectivity index (χ1n) is 14.6. The highest BCUT2D eigenvalue weighted by Crippen LogP contribution is 2.44. The van der Waals surface area contributed by atoms with Crippen LogP contribution in [0, 0.1) is 11.3 Å². The van der Waals surface area contributed by atoms with Gasteiger partial charge in [-0.2, -0.15) is 5.26 Å². The molecule has 0 aliphatic carbocycles. The van der Waals surface area contributed by atoms with Crippen molar-refractivity contribution in [2.24, 2.45) is 0 Å². The van der Waals surface area contributed by atoms with E-state index in [1.807, 2.05) is 48.5 Å². The summed E-state index contributed by atoms with van der Waals surface area (Å²) in [6.45, 7) is 0. The molecule has 3 heterocycles. The maximum absolute atomic E-state index is 9.65. The SMILES string of the molecule is N#Cc1ccc2c(c1)c1cc(-c3ccc(-c4oc5ccccc5c5nc6ccccc6c4-5)cc3)ccc1n2-c1ccccc1. The maximum Gasteiger partial charge on any atom is 0.144 e. The molecular formula is C40H23N3O. The number of nitriles is 1. The normalized spacial score (nSPS) is 11.6. The van der Waals surface area contributed by atoms with E-state index in [-0.39, 0.29) is 0 Å². The number of fused-ring (bicyclic) bond motifs is 8. The molecule has 0 bridgehead atoms. The lowest BCUT2D eigenvalue weighted by Gasteiger charge is -2.12. The van der Waals surface area contributed by atoms with Crippen LogP contribution in [-0.2, 0) is 0 Å². The fourth-order valence-electron chi connectivity index (χ4n) is 6.57. The molecule has 0 radical (unpaired) electrons. The Balaban J connectivity index is 1.21. The third-order valence-corrected chi connectivity index (χ3v) is 8.61. The number of hydrogen-bond acceptors (Lipinski definition) is 3. The standard InChI is InChI=1S/C40H23N3O/c41-24-25-14-20-35-32(22-25)33-23-28(19-21-36(33)43(35)29-8-2-1-3-9-29)26-15-17-27(18-16-26)40-38-30-10-4-6-12-34(30)42-39(38)31-11-5-7-13-37(31)44-40/h1-23H.